The molecule has 0 saturated carbocycles. The van der Waals surface area contributed by atoms with Gasteiger partial charge in [0.05, 0.1) is 7.11 Å². The summed E-state index contributed by atoms with van der Waals surface area (Å²) in [5.41, 5.74) is 0.0667. The van der Waals surface area contributed by atoms with Crippen molar-refractivity contribution in [3.63, 3.8) is 0 Å². The Balaban J connectivity index is 3.68. The Morgan fingerprint density at radius 1 is 1.46 bits per heavy atom. The molecule has 0 heterocycles. The summed E-state index contributed by atoms with van der Waals surface area (Å²) in [7, 11) is 1.26. The molecule has 0 fully saturated rings. The fourth-order valence-corrected chi connectivity index (χ4v) is 1.06. The SMILES string of the molecule is COC(=O)/C(CCCCCCl)=N/O. The van der Waals surface area contributed by atoms with Crippen LogP contribution in [0.4, 0.5) is 0 Å². The van der Waals surface area contributed by atoms with Gasteiger partial charge in [-0.2, -0.15) is 0 Å². The lowest BCUT2D eigenvalue weighted by Gasteiger charge is -2.00. The van der Waals surface area contributed by atoms with Crippen LogP contribution < -0.4 is 0 Å². The van der Waals surface area contributed by atoms with Gasteiger partial charge in [0.2, 0.25) is 0 Å². The minimum atomic E-state index is -0.576. The van der Waals surface area contributed by atoms with Crippen molar-refractivity contribution in [3.05, 3.63) is 0 Å². The maximum absolute atomic E-state index is 10.9. The maximum Gasteiger partial charge on any atom is 0.355 e. The minimum Gasteiger partial charge on any atom is -0.464 e. The molecule has 0 bridgehead atoms. The van der Waals surface area contributed by atoms with Crippen molar-refractivity contribution in [3.8, 4) is 0 Å². The van der Waals surface area contributed by atoms with E-state index in [0.29, 0.717) is 12.3 Å². The lowest BCUT2D eigenvalue weighted by Crippen LogP contribution is -2.15. The molecule has 0 unspecified atom stereocenters. The van der Waals surface area contributed by atoms with Gasteiger partial charge in [-0.25, -0.2) is 4.79 Å². The number of rotatable bonds is 6. The second-order valence-electron chi connectivity index (χ2n) is 2.54. The summed E-state index contributed by atoms with van der Waals surface area (Å²) in [6.45, 7) is 0. The van der Waals surface area contributed by atoms with Gasteiger partial charge >= 0.3 is 5.97 Å². The number of alkyl halides is 1. The van der Waals surface area contributed by atoms with E-state index in [4.69, 9.17) is 16.8 Å². The van der Waals surface area contributed by atoms with Crippen molar-refractivity contribution >= 4 is 23.3 Å². The van der Waals surface area contributed by atoms with Crippen LogP contribution in [-0.4, -0.2) is 29.9 Å². The number of hydrogen-bond donors (Lipinski definition) is 1. The molecule has 0 radical (unpaired) electrons. The van der Waals surface area contributed by atoms with E-state index >= 15 is 0 Å². The quantitative estimate of drug-likeness (QED) is 0.180. The Hall–Kier alpha value is -0.770. The largest absolute Gasteiger partial charge is 0.464 e. The minimum absolute atomic E-state index is 0.0667. The normalized spacial score (nSPS) is 11.4. The van der Waals surface area contributed by atoms with Gasteiger partial charge in [-0.15, -0.1) is 11.6 Å². The van der Waals surface area contributed by atoms with Crippen molar-refractivity contribution in [2.24, 2.45) is 5.16 Å². The Morgan fingerprint density at radius 3 is 2.62 bits per heavy atom. The summed E-state index contributed by atoms with van der Waals surface area (Å²) < 4.78 is 4.40. The number of unbranched alkanes of at least 4 members (excludes halogenated alkanes) is 2. The van der Waals surface area contributed by atoms with Crippen molar-refractivity contribution in [2.45, 2.75) is 25.7 Å². The predicted octanol–water partition coefficient (Wildman–Crippen LogP) is 1.79. The number of carbonyl (C=O) groups is 1. The van der Waals surface area contributed by atoms with Gasteiger partial charge in [-0.05, 0) is 12.8 Å². The molecule has 0 spiro atoms. The summed E-state index contributed by atoms with van der Waals surface area (Å²) in [5, 5.41) is 11.3. The highest BCUT2D eigenvalue weighted by molar-refractivity contribution is 6.36. The molecule has 0 amide bonds. The summed E-state index contributed by atoms with van der Waals surface area (Å²) in [6.07, 6.45) is 3.03. The molecule has 13 heavy (non-hydrogen) atoms. The molecule has 5 heteroatoms. The number of hydrogen-bond acceptors (Lipinski definition) is 4. The van der Waals surface area contributed by atoms with Gasteiger partial charge in [0.15, 0.2) is 5.71 Å². The standard InChI is InChI=1S/C8H14ClNO3/c1-13-8(11)7(10-12)5-3-2-4-6-9/h12H,2-6H2,1H3/b10-7+. The first-order valence-electron chi connectivity index (χ1n) is 4.11. The van der Waals surface area contributed by atoms with Crippen LogP contribution in [0.5, 0.6) is 0 Å². The molecule has 0 aromatic rings. The van der Waals surface area contributed by atoms with E-state index in [1.165, 1.54) is 7.11 Å². The van der Waals surface area contributed by atoms with Gasteiger partial charge in [-0.1, -0.05) is 11.6 Å². The summed E-state index contributed by atoms with van der Waals surface area (Å²) in [5.74, 6) is 0.0393. The maximum atomic E-state index is 10.9. The van der Waals surface area contributed by atoms with Crippen LogP contribution in [0.2, 0.25) is 0 Å². The van der Waals surface area contributed by atoms with E-state index in [-0.39, 0.29) is 5.71 Å². The lowest BCUT2D eigenvalue weighted by atomic mass is 10.1. The third kappa shape index (κ3) is 5.47. The van der Waals surface area contributed by atoms with Crippen molar-refractivity contribution in [1.29, 1.82) is 0 Å². The number of esters is 1. The molecule has 4 nitrogen and oxygen atoms in total. The highest BCUT2D eigenvalue weighted by Crippen LogP contribution is 2.03. The van der Waals surface area contributed by atoms with Gasteiger partial charge in [0.25, 0.3) is 0 Å². The zero-order chi connectivity index (χ0) is 10.1. The highest BCUT2D eigenvalue weighted by atomic mass is 35.5. The van der Waals surface area contributed by atoms with Crippen LogP contribution in [0.1, 0.15) is 25.7 Å². The average molecular weight is 208 g/mol. The van der Waals surface area contributed by atoms with Gasteiger partial charge in [-0.3, -0.25) is 0 Å². The Bertz CT molecular complexity index is 182. The third-order valence-electron chi connectivity index (χ3n) is 1.59. The molecular formula is C8H14ClNO3. The molecule has 0 rings (SSSR count). The first kappa shape index (κ1) is 12.2. The first-order chi connectivity index (χ1) is 6.26. The van der Waals surface area contributed by atoms with Gasteiger partial charge < -0.3 is 9.94 Å². The zero-order valence-electron chi connectivity index (χ0n) is 7.62. The molecule has 0 aromatic heterocycles. The molecule has 0 atom stereocenters. The smallest absolute Gasteiger partial charge is 0.355 e. The van der Waals surface area contributed by atoms with E-state index in [9.17, 15) is 4.79 Å². The molecule has 0 aliphatic rings. The van der Waals surface area contributed by atoms with Crippen LogP contribution in [-0.2, 0) is 9.53 Å². The van der Waals surface area contributed by atoms with E-state index in [0.717, 1.165) is 19.3 Å². The third-order valence-corrected chi connectivity index (χ3v) is 1.86. The molecular weight excluding hydrogens is 194 g/mol. The van der Waals surface area contributed by atoms with Crippen LogP contribution in [0.25, 0.3) is 0 Å². The van der Waals surface area contributed by atoms with Crippen LogP contribution in [0.15, 0.2) is 5.16 Å². The predicted molar refractivity (Wildman–Crippen MR) is 50.4 cm³/mol. The van der Waals surface area contributed by atoms with Crippen LogP contribution in [0.3, 0.4) is 0 Å². The fraction of sp³-hybridized carbons (Fsp3) is 0.750. The average Bonchev–Trinajstić information content (AvgIpc) is 2.17. The number of methoxy groups -OCH3 is 1. The molecule has 1 N–H and O–H groups in total. The summed E-state index contributed by atoms with van der Waals surface area (Å²) in [4.78, 5) is 10.9. The molecule has 0 saturated heterocycles. The van der Waals surface area contributed by atoms with Gasteiger partial charge in [0.1, 0.15) is 0 Å². The summed E-state index contributed by atoms with van der Waals surface area (Å²) in [6, 6.07) is 0. The second-order valence-corrected chi connectivity index (χ2v) is 2.92. The number of oxime groups is 1. The molecule has 0 aromatic carbocycles. The summed E-state index contributed by atoms with van der Waals surface area (Å²) >= 11 is 5.47. The molecule has 0 aliphatic heterocycles. The first-order valence-corrected chi connectivity index (χ1v) is 4.65. The van der Waals surface area contributed by atoms with Crippen molar-refractivity contribution in [1.82, 2.24) is 0 Å². The van der Waals surface area contributed by atoms with Gasteiger partial charge in [0, 0.05) is 12.3 Å². The number of carbonyl (C=O) groups excluding carboxylic acids is 1. The van der Waals surface area contributed by atoms with Crippen LogP contribution in [0, 0.1) is 0 Å². The number of ether oxygens (including phenoxy) is 1. The Morgan fingerprint density at radius 2 is 2.15 bits per heavy atom. The Kier molecular flexibility index (Phi) is 7.39. The molecule has 76 valence electrons. The van der Waals surface area contributed by atoms with E-state index in [2.05, 4.69) is 9.89 Å². The van der Waals surface area contributed by atoms with Crippen molar-refractivity contribution in [2.75, 3.05) is 13.0 Å². The number of nitrogens with zero attached hydrogens (tertiary/aromatic N) is 1. The molecule has 0 aliphatic carbocycles. The zero-order valence-corrected chi connectivity index (χ0v) is 8.38. The number of halogens is 1. The topological polar surface area (TPSA) is 58.9 Å². The Labute approximate surface area is 82.5 Å². The monoisotopic (exact) mass is 207 g/mol. The second kappa shape index (κ2) is 7.86. The van der Waals surface area contributed by atoms with E-state index < -0.39 is 5.97 Å². The lowest BCUT2D eigenvalue weighted by molar-refractivity contribution is -0.133. The van der Waals surface area contributed by atoms with E-state index in [1.807, 2.05) is 0 Å². The van der Waals surface area contributed by atoms with E-state index in [1.54, 1.807) is 0 Å². The van der Waals surface area contributed by atoms with Crippen LogP contribution >= 0.6 is 11.6 Å². The van der Waals surface area contributed by atoms with Crippen molar-refractivity contribution < 1.29 is 14.7 Å². The highest BCUT2D eigenvalue weighted by Gasteiger charge is 2.11. The fourth-order valence-electron chi connectivity index (χ4n) is 0.874.